The topological polar surface area (TPSA) is 190 Å². The van der Waals surface area contributed by atoms with E-state index in [0.717, 1.165) is 9.58 Å². The molecular weight excluding hydrogens is 853 g/mol. The number of hydrazine groups is 1. The van der Waals surface area contributed by atoms with E-state index < -0.39 is 57.9 Å². The summed E-state index contributed by atoms with van der Waals surface area (Å²) in [6.07, 6.45) is 1.57. The maximum atomic E-state index is 15.5. The quantitative estimate of drug-likeness (QED) is 0.138. The Morgan fingerprint density at radius 3 is 2.14 bits per heavy atom. The largest absolute Gasteiger partial charge is 0.502 e. The van der Waals surface area contributed by atoms with Crippen molar-refractivity contribution in [3.8, 4) is 28.7 Å². The van der Waals surface area contributed by atoms with Gasteiger partial charge in [-0.05, 0) is 71.7 Å². The molecule has 2 N–H and O–H groups in total. The van der Waals surface area contributed by atoms with E-state index in [9.17, 15) is 28.7 Å². The zero-order chi connectivity index (χ0) is 45.4. The Labute approximate surface area is 368 Å². The number of aromatic hydroxyl groups is 1. The smallest absolute Gasteiger partial charge is 0.347 e. The number of rotatable bonds is 11. The minimum atomic E-state index is -1.73. The third-order valence-corrected chi connectivity index (χ3v) is 12.9. The first-order valence-electron chi connectivity index (χ1n) is 20.1. The monoisotopic (exact) mass is 893 g/mol. The van der Waals surface area contributed by atoms with E-state index in [1.165, 1.54) is 66.6 Å². The number of carbonyl (C=O) groups is 2. The number of hydrogen-bond acceptors (Lipinski definition) is 12. The minimum absolute atomic E-state index is 0.0139. The summed E-state index contributed by atoms with van der Waals surface area (Å²) in [4.78, 5) is 77.6. The van der Waals surface area contributed by atoms with Gasteiger partial charge < -0.3 is 28.6 Å². The zero-order valence-electron chi connectivity index (χ0n) is 35.1. The second-order valence-corrected chi connectivity index (χ2v) is 16.1. The molecule has 9 rings (SSSR count). The van der Waals surface area contributed by atoms with Crippen molar-refractivity contribution in [3.05, 3.63) is 143 Å². The molecule has 0 unspecified atom stereocenters. The number of allylic oxidation sites excluding steroid dienone is 2. The van der Waals surface area contributed by atoms with E-state index in [-0.39, 0.29) is 54.6 Å². The molecule has 1 saturated heterocycles. The maximum absolute atomic E-state index is 15.5. The number of benzene rings is 4. The van der Waals surface area contributed by atoms with Crippen LogP contribution in [-0.4, -0.2) is 73.9 Å². The Balaban J connectivity index is 1.20. The summed E-state index contributed by atoms with van der Waals surface area (Å²) in [6.45, 7) is -0.317. The number of phenols is 1. The van der Waals surface area contributed by atoms with Gasteiger partial charge in [0.1, 0.15) is 11.5 Å². The molecule has 0 bridgehead atoms. The van der Waals surface area contributed by atoms with E-state index >= 15 is 4.79 Å². The molecular formula is C45H41ClFN7O10. The lowest BCUT2D eigenvalue weighted by Gasteiger charge is -2.49. The highest BCUT2D eigenvalue weighted by Gasteiger charge is 2.69. The van der Waals surface area contributed by atoms with E-state index in [4.69, 9.17) is 30.5 Å². The van der Waals surface area contributed by atoms with Crippen LogP contribution >= 0.6 is 11.6 Å². The van der Waals surface area contributed by atoms with Crippen LogP contribution in [0.4, 0.5) is 10.1 Å². The summed E-state index contributed by atoms with van der Waals surface area (Å²) >= 11 is 6.40. The van der Waals surface area contributed by atoms with Crippen LogP contribution in [-0.2, 0) is 41.6 Å². The van der Waals surface area contributed by atoms with E-state index in [1.807, 2.05) is 0 Å². The normalized spacial score (nSPS) is 20.1. The van der Waals surface area contributed by atoms with Gasteiger partial charge in [-0.25, -0.2) is 32.9 Å². The van der Waals surface area contributed by atoms with Crippen molar-refractivity contribution >= 4 is 40.1 Å². The minimum Gasteiger partial charge on any atom is -0.502 e. The van der Waals surface area contributed by atoms with E-state index in [1.54, 1.807) is 61.7 Å². The number of halogens is 2. The van der Waals surface area contributed by atoms with Crippen LogP contribution < -0.4 is 41.3 Å². The van der Waals surface area contributed by atoms with Gasteiger partial charge in [0.05, 0.1) is 69.1 Å². The fourth-order valence-electron chi connectivity index (χ4n) is 9.70. The standard InChI is InChI=1S/C45H41ClFN7O10/c1-50-33-22-35(62-3)34(61-2)21-31(33)48-30(41(50)57)15-16-51-43(59)52-17-14-28-32(54(52)44(51)60)20-29-40(56)53(49-27-12-10-26(47)11-13-27)42(58)45(29,24-6-8-25(46)9-7-24)38(28)23-18-36(63-4)39(55)37(19-23)64-5/h6-14,18-19,21-22,29,32,38,49,55H,15-17,20H2,1-5H3/t29-,32+,38-,45+/m0/s1. The van der Waals surface area contributed by atoms with Crippen LogP contribution in [0.15, 0.2) is 98.8 Å². The van der Waals surface area contributed by atoms with Crippen molar-refractivity contribution < 1.29 is 38.0 Å². The van der Waals surface area contributed by atoms with Crippen molar-refractivity contribution in [1.29, 1.82) is 0 Å². The van der Waals surface area contributed by atoms with Crippen LogP contribution in [0.25, 0.3) is 11.0 Å². The molecule has 2 aliphatic heterocycles. The third kappa shape index (κ3) is 6.25. The highest BCUT2D eigenvalue weighted by molar-refractivity contribution is 6.30. The van der Waals surface area contributed by atoms with Gasteiger partial charge >= 0.3 is 11.4 Å². The number of imide groups is 1. The van der Waals surface area contributed by atoms with Gasteiger partial charge in [-0.1, -0.05) is 29.8 Å². The van der Waals surface area contributed by atoms with Crippen LogP contribution in [0, 0.1) is 11.7 Å². The number of fused-ring (bicyclic) bond motifs is 5. The molecule has 0 radical (unpaired) electrons. The first kappa shape index (κ1) is 42.0. The van der Waals surface area contributed by atoms with Gasteiger partial charge in [0.15, 0.2) is 23.0 Å². The number of ether oxygens (including phenoxy) is 4. The Hall–Kier alpha value is -7.34. The van der Waals surface area contributed by atoms with Crippen LogP contribution in [0.3, 0.4) is 0 Å². The van der Waals surface area contributed by atoms with Crippen molar-refractivity contribution in [3.63, 3.8) is 0 Å². The molecule has 4 heterocycles. The molecule has 2 aromatic heterocycles. The molecule has 1 saturated carbocycles. The third-order valence-electron chi connectivity index (χ3n) is 12.7. The summed E-state index contributed by atoms with van der Waals surface area (Å²) < 4.78 is 41.1. The molecule has 6 aromatic rings. The Morgan fingerprint density at radius 2 is 1.50 bits per heavy atom. The van der Waals surface area contributed by atoms with Crippen molar-refractivity contribution in [2.24, 2.45) is 13.0 Å². The van der Waals surface area contributed by atoms with Crippen molar-refractivity contribution in [2.75, 3.05) is 33.9 Å². The lowest BCUT2D eigenvalue weighted by atomic mass is 9.53. The number of aryl methyl sites for hydroxylation is 2. The van der Waals surface area contributed by atoms with Gasteiger partial charge in [0, 0.05) is 43.1 Å². The Morgan fingerprint density at radius 1 is 0.859 bits per heavy atom. The molecule has 17 nitrogen and oxygen atoms in total. The number of amides is 2. The Kier molecular flexibility index (Phi) is 10.4. The summed E-state index contributed by atoms with van der Waals surface area (Å²) in [5.74, 6) is -3.54. The number of phenolic OH excluding ortho intramolecular Hbond substituents is 1. The van der Waals surface area contributed by atoms with Gasteiger partial charge in [0.25, 0.3) is 17.4 Å². The van der Waals surface area contributed by atoms with Gasteiger partial charge in [-0.15, -0.1) is 0 Å². The number of hydrogen-bond donors (Lipinski definition) is 2. The van der Waals surface area contributed by atoms with E-state index in [2.05, 4.69) is 10.4 Å². The number of nitrogens with zero attached hydrogens (tertiary/aromatic N) is 6. The lowest BCUT2D eigenvalue weighted by molar-refractivity contribution is -0.138. The predicted octanol–water partition coefficient (Wildman–Crippen LogP) is 4.45. The second-order valence-electron chi connectivity index (χ2n) is 15.7. The summed E-state index contributed by atoms with van der Waals surface area (Å²) in [7, 11) is 7.26. The van der Waals surface area contributed by atoms with Crippen molar-refractivity contribution in [1.82, 2.24) is 28.5 Å². The SMILES string of the molecule is COc1cc2nc(CCn3c(=O)n4n(c3=O)[C@@H]3C[C@H]5C(=O)N(Nc6ccc(F)cc6)C(=O)[C@@]5(c5ccc(Cl)cc5)[C@@H](c5cc(OC)c(O)c(OC)c5)C3=CC4)c(=O)n(C)c2cc1OC. The number of aromatic nitrogens is 5. The molecule has 1 aliphatic carbocycles. The molecule has 64 heavy (non-hydrogen) atoms. The first-order valence-corrected chi connectivity index (χ1v) is 20.5. The maximum Gasteiger partial charge on any atom is 0.347 e. The second kappa shape index (κ2) is 15.8. The van der Waals surface area contributed by atoms with Crippen LogP contribution in [0.1, 0.15) is 35.2 Å². The number of carbonyl (C=O) groups excluding carboxylic acids is 2. The average Bonchev–Trinajstić information content (AvgIpc) is 3.67. The summed E-state index contributed by atoms with van der Waals surface area (Å²) in [6, 6.07) is 17.1. The van der Waals surface area contributed by atoms with Crippen molar-refractivity contribution in [2.45, 2.75) is 43.3 Å². The summed E-state index contributed by atoms with van der Waals surface area (Å²) in [5, 5.41) is 12.3. The fraction of sp³-hybridized carbons (Fsp3) is 0.289. The first-order chi connectivity index (χ1) is 30.8. The van der Waals surface area contributed by atoms with Gasteiger partial charge in [-0.3, -0.25) is 19.8 Å². The molecule has 3 aliphatic rings. The molecule has 4 atom stereocenters. The number of methoxy groups -OCH3 is 4. The van der Waals surface area contributed by atoms with Crippen LogP contribution in [0.2, 0.25) is 5.02 Å². The summed E-state index contributed by atoms with van der Waals surface area (Å²) in [5.41, 5.74) is 2.00. The Bertz CT molecular complexity index is 3100. The van der Waals surface area contributed by atoms with Gasteiger partial charge in [-0.2, -0.15) is 5.01 Å². The number of anilines is 1. The van der Waals surface area contributed by atoms with E-state index in [0.29, 0.717) is 44.3 Å². The highest BCUT2D eigenvalue weighted by Crippen LogP contribution is 2.62. The highest BCUT2D eigenvalue weighted by atomic mass is 35.5. The van der Waals surface area contributed by atoms with Gasteiger partial charge in [0.2, 0.25) is 5.75 Å². The molecule has 2 amide bonds. The average molecular weight is 894 g/mol. The fourth-order valence-corrected chi connectivity index (χ4v) is 9.83. The molecule has 19 heteroatoms. The van der Waals surface area contributed by atoms with Crippen LogP contribution in [0.5, 0.6) is 28.7 Å². The lowest BCUT2D eigenvalue weighted by Crippen LogP contribution is -2.53. The molecule has 330 valence electrons. The zero-order valence-corrected chi connectivity index (χ0v) is 35.9. The number of nitrogens with one attached hydrogen (secondary N) is 1. The molecule has 2 fully saturated rings. The molecule has 0 spiro atoms. The predicted molar refractivity (Wildman–Crippen MR) is 231 cm³/mol. The molecule has 4 aromatic carbocycles.